The van der Waals surface area contributed by atoms with Crippen molar-refractivity contribution in [3.8, 4) is 45.0 Å². The summed E-state index contributed by atoms with van der Waals surface area (Å²) in [4.78, 5) is 4.52. The van der Waals surface area contributed by atoms with Gasteiger partial charge in [0.1, 0.15) is 29.4 Å². The number of hydrogen-bond acceptors (Lipinski definition) is 6. The van der Waals surface area contributed by atoms with E-state index in [-0.39, 0.29) is 5.82 Å². The first kappa shape index (κ1) is 20.3. The summed E-state index contributed by atoms with van der Waals surface area (Å²) in [5.41, 5.74) is 6.81. The van der Waals surface area contributed by atoms with E-state index in [0.29, 0.717) is 34.9 Å². The van der Waals surface area contributed by atoms with E-state index < -0.39 is 0 Å². The second kappa shape index (κ2) is 7.65. The number of rotatable bonds is 4. The maximum Gasteiger partial charge on any atom is 0.183 e. The summed E-state index contributed by atoms with van der Waals surface area (Å²) in [5, 5.41) is 12.7. The number of ether oxygens (including phenoxy) is 2. The lowest BCUT2D eigenvalue weighted by Crippen LogP contribution is -2.07. The number of methoxy groups -OCH3 is 1. The minimum atomic E-state index is -0.364. The zero-order valence-corrected chi connectivity index (χ0v) is 18.9. The highest BCUT2D eigenvalue weighted by Crippen LogP contribution is 2.45. The predicted octanol–water partition coefficient (Wildman–Crippen LogP) is 4.62. The number of benzene rings is 2. The monoisotopic (exact) mass is 456 g/mol. The van der Waals surface area contributed by atoms with E-state index in [1.54, 1.807) is 38.0 Å². The number of halogens is 1. The van der Waals surface area contributed by atoms with Crippen LogP contribution in [-0.2, 0) is 20.2 Å². The summed E-state index contributed by atoms with van der Waals surface area (Å²) in [6.07, 6.45) is 5.19. The molecule has 1 aliphatic rings. The van der Waals surface area contributed by atoms with E-state index in [1.807, 2.05) is 35.4 Å². The molecule has 0 bridgehead atoms. The molecule has 5 aromatic rings. The van der Waals surface area contributed by atoms with Crippen molar-refractivity contribution in [1.29, 1.82) is 0 Å². The van der Waals surface area contributed by atoms with E-state index in [9.17, 15) is 0 Å². The van der Waals surface area contributed by atoms with Crippen LogP contribution < -0.4 is 9.47 Å². The zero-order valence-electron chi connectivity index (χ0n) is 18.9. The first-order valence-electron chi connectivity index (χ1n) is 10.9. The Bertz CT molecular complexity index is 1570. The minimum absolute atomic E-state index is 0.364. The molecule has 170 valence electrons. The maximum atomic E-state index is 15.2. The van der Waals surface area contributed by atoms with Crippen LogP contribution in [0.15, 0.2) is 49.1 Å². The Morgan fingerprint density at radius 2 is 1.97 bits per heavy atom. The summed E-state index contributed by atoms with van der Waals surface area (Å²) >= 11 is 0. The van der Waals surface area contributed by atoms with Gasteiger partial charge < -0.3 is 14.0 Å². The van der Waals surface area contributed by atoms with E-state index in [0.717, 1.165) is 40.0 Å². The van der Waals surface area contributed by atoms with Crippen molar-refractivity contribution in [3.05, 3.63) is 60.4 Å². The Morgan fingerprint density at radius 3 is 2.79 bits per heavy atom. The van der Waals surface area contributed by atoms with Crippen LogP contribution in [0.1, 0.15) is 12.5 Å². The van der Waals surface area contributed by atoms with Gasteiger partial charge in [0.15, 0.2) is 5.65 Å². The predicted molar refractivity (Wildman–Crippen MR) is 125 cm³/mol. The maximum absolute atomic E-state index is 15.2. The van der Waals surface area contributed by atoms with Gasteiger partial charge in [-0.15, -0.1) is 5.10 Å². The molecule has 0 fully saturated rings. The smallest absolute Gasteiger partial charge is 0.183 e. The Kier molecular flexibility index (Phi) is 4.58. The molecule has 0 unspecified atom stereocenters. The second-order valence-corrected chi connectivity index (χ2v) is 8.14. The third-order valence-electron chi connectivity index (χ3n) is 6.27. The van der Waals surface area contributed by atoms with Gasteiger partial charge in [-0.1, -0.05) is 6.07 Å². The van der Waals surface area contributed by atoms with Crippen LogP contribution in [0, 0.1) is 5.82 Å². The van der Waals surface area contributed by atoms with E-state index >= 15 is 4.39 Å². The molecule has 0 radical (unpaired) electrons. The zero-order chi connectivity index (χ0) is 23.4. The van der Waals surface area contributed by atoms with Gasteiger partial charge in [-0.25, -0.2) is 9.37 Å². The number of fused-ring (bicyclic) bond motifs is 4. The Morgan fingerprint density at radius 1 is 1.09 bits per heavy atom. The van der Waals surface area contributed by atoms with Gasteiger partial charge in [0.25, 0.3) is 0 Å². The van der Waals surface area contributed by atoms with E-state index in [2.05, 4.69) is 20.3 Å². The number of aryl methyl sites for hydroxylation is 2. The fourth-order valence-electron chi connectivity index (χ4n) is 4.55. The van der Waals surface area contributed by atoms with Crippen LogP contribution >= 0.6 is 0 Å². The first-order valence-corrected chi connectivity index (χ1v) is 10.9. The second-order valence-electron chi connectivity index (χ2n) is 8.14. The molecule has 6 rings (SSSR count). The van der Waals surface area contributed by atoms with E-state index in [4.69, 9.17) is 9.47 Å². The molecule has 4 heterocycles. The fraction of sp³-hybridized carbons (Fsp3) is 0.200. The molecule has 0 N–H and O–H groups in total. The molecule has 0 atom stereocenters. The van der Waals surface area contributed by atoms with Crippen molar-refractivity contribution in [3.63, 3.8) is 0 Å². The lowest BCUT2D eigenvalue weighted by atomic mass is 9.95. The van der Waals surface area contributed by atoms with Gasteiger partial charge >= 0.3 is 0 Å². The first-order chi connectivity index (χ1) is 16.6. The van der Waals surface area contributed by atoms with Crippen LogP contribution in [0.4, 0.5) is 4.39 Å². The van der Waals surface area contributed by atoms with Crippen molar-refractivity contribution in [1.82, 2.24) is 29.5 Å². The molecule has 34 heavy (non-hydrogen) atoms. The Hall–Kier alpha value is -4.27. The van der Waals surface area contributed by atoms with Crippen LogP contribution in [-0.4, -0.2) is 36.6 Å². The lowest BCUT2D eigenvalue weighted by Gasteiger charge is -2.21. The summed E-state index contributed by atoms with van der Waals surface area (Å²) in [6.45, 7) is 3.16. The molecule has 1 aliphatic heterocycles. The van der Waals surface area contributed by atoms with Gasteiger partial charge in [-0.3, -0.25) is 4.68 Å². The molecular formula is C25H21FN6O2. The Balaban J connectivity index is 1.53. The molecule has 9 heteroatoms. The summed E-state index contributed by atoms with van der Waals surface area (Å²) in [5.74, 6) is 0.837. The molecule has 3 aromatic heterocycles. The highest BCUT2D eigenvalue weighted by Gasteiger charge is 2.25. The van der Waals surface area contributed by atoms with Crippen LogP contribution in [0.5, 0.6) is 11.5 Å². The minimum Gasteiger partial charge on any atom is -0.496 e. The summed E-state index contributed by atoms with van der Waals surface area (Å²) in [6, 6.07) is 8.68. The largest absolute Gasteiger partial charge is 0.496 e. The van der Waals surface area contributed by atoms with Crippen molar-refractivity contribution < 1.29 is 13.9 Å². The van der Waals surface area contributed by atoms with Crippen LogP contribution in [0.2, 0.25) is 0 Å². The van der Waals surface area contributed by atoms with Gasteiger partial charge in [0, 0.05) is 41.4 Å². The average Bonchev–Trinajstić information content (AvgIpc) is 3.47. The topological polar surface area (TPSA) is 79.9 Å². The van der Waals surface area contributed by atoms with Crippen molar-refractivity contribution >= 4 is 11.2 Å². The van der Waals surface area contributed by atoms with Crippen molar-refractivity contribution in [2.75, 3.05) is 7.11 Å². The highest BCUT2D eigenvalue weighted by atomic mass is 19.1. The normalized spacial score (nSPS) is 12.4. The van der Waals surface area contributed by atoms with Crippen LogP contribution in [0.25, 0.3) is 44.7 Å². The summed E-state index contributed by atoms with van der Waals surface area (Å²) < 4.78 is 30.6. The third-order valence-corrected chi connectivity index (χ3v) is 6.27. The molecule has 0 saturated carbocycles. The highest BCUT2D eigenvalue weighted by molar-refractivity contribution is 5.91. The Labute approximate surface area is 194 Å². The van der Waals surface area contributed by atoms with Gasteiger partial charge in [0.05, 0.1) is 31.5 Å². The van der Waals surface area contributed by atoms with Gasteiger partial charge in [-0.05, 0) is 36.8 Å². The van der Waals surface area contributed by atoms with E-state index in [1.165, 1.54) is 6.07 Å². The molecular weight excluding hydrogens is 435 g/mol. The standard InChI is InChI=1S/C25H21FN6O2/c1-4-32-13-27-23-19(11-28-30-25(23)32)14-5-6-20(26)16(7-14)17-8-22-18(9-21(17)33-3)24-15(12-34-22)10-29-31(24)2/h5-11,13H,4,12H2,1-3H3. The quantitative estimate of drug-likeness (QED) is 0.393. The van der Waals surface area contributed by atoms with Crippen molar-refractivity contribution in [2.45, 2.75) is 20.1 Å². The molecule has 0 aliphatic carbocycles. The SMILES string of the molecule is CCn1cnc2c(-c3ccc(F)c(-c4cc5c(cc4OC)-c4c(cnn4C)CO5)c3)cnnc21. The average molecular weight is 456 g/mol. The van der Waals surface area contributed by atoms with Gasteiger partial charge in [-0.2, -0.15) is 10.2 Å². The molecule has 0 spiro atoms. The van der Waals surface area contributed by atoms with Gasteiger partial charge in [0.2, 0.25) is 0 Å². The molecule has 0 amide bonds. The lowest BCUT2D eigenvalue weighted by molar-refractivity contribution is 0.301. The number of imidazole rings is 1. The third kappa shape index (κ3) is 2.97. The number of aromatic nitrogens is 6. The molecule has 0 saturated heterocycles. The molecule has 8 nitrogen and oxygen atoms in total. The fourth-order valence-corrected chi connectivity index (χ4v) is 4.55. The summed E-state index contributed by atoms with van der Waals surface area (Å²) in [7, 11) is 3.47. The van der Waals surface area contributed by atoms with Crippen LogP contribution in [0.3, 0.4) is 0 Å². The van der Waals surface area contributed by atoms with Crippen molar-refractivity contribution in [2.24, 2.45) is 7.05 Å². The number of hydrogen-bond donors (Lipinski definition) is 0. The molecule has 2 aromatic carbocycles. The number of nitrogens with zero attached hydrogens (tertiary/aromatic N) is 6.